The molecular weight excluding hydrogens is 302 g/mol. The van der Waals surface area contributed by atoms with E-state index in [1.54, 1.807) is 22.9 Å². The molecule has 0 spiro atoms. The Hall–Kier alpha value is -1.59. The van der Waals surface area contributed by atoms with E-state index in [1.807, 2.05) is 18.2 Å². The predicted molar refractivity (Wildman–Crippen MR) is 86.0 cm³/mol. The first-order valence-electron chi connectivity index (χ1n) is 7.63. The number of carbonyl (C=O) groups excluding carboxylic acids is 2. The summed E-state index contributed by atoms with van der Waals surface area (Å²) in [6.07, 6.45) is 1.49. The summed E-state index contributed by atoms with van der Waals surface area (Å²) in [5, 5.41) is 3.75. The summed E-state index contributed by atoms with van der Waals surface area (Å²) in [4.78, 5) is 28.5. The van der Waals surface area contributed by atoms with E-state index in [2.05, 4.69) is 5.32 Å². The molecule has 22 heavy (non-hydrogen) atoms. The van der Waals surface area contributed by atoms with Crippen LogP contribution in [-0.2, 0) is 9.59 Å². The van der Waals surface area contributed by atoms with Gasteiger partial charge in [0, 0.05) is 20.1 Å². The number of rotatable bonds is 3. The summed E-state index contributed by atoms with van der Waals surface area (Å²) in [5.74, 6) is 0.00595. The maximum atomic E-state index is 12.7. The van der Waals surface area contributed by atoms with Crippen LogP contribution in [-0.4, -0.2) is 49.4 Å². The fourth-order valence-corrected chi connectivity index (χ4v) is 3.48. The molecule has 1 aromatic carbocycles. The smallest absolute Gasteiger partial charge is 0.249 e. The summed E-state index contributed by atoms with van der Waals surface area (Å²) in [7, 11) is 1.74. The number of nitrogens with zero attached hydrogens (tertiary/aromatic N) is 2. The Bertz CT molecular complexity index is 587. The summed E-state index contributed by atoms with van der Waals surface area (Å²) in [5.41, 5.74) is 0.722. The Kier molecular flexibility index (Phi) is 4.36. The van der Waals surface area contributed by atoms with Crippen molar-refractivity contribution in [3.63, 3.8) is 0 Å². The molecule has 0 radical (unpaired) electrons. The van der Waals surface area contributed by atoms with Crippen molar-refractivity contribution in [2.45, 2.75) is 18.9 Å². The van der Waals surface area contributed by atoms with Crippen molar-refractivity contribution in [2.24, 2.45) is 5.92 Å². The van der Waals surface area contributed by atoms with E-state index < -0.39 is 0 Å². The van der Waals surface area contributed by atoms with Gasteiger partial charge in [0.2, 0.25) is 11.8 Å². The zero-order valence-corrected chi connectivity index (χ0v) is 13.3. The van der Waals surface area contributed by atoms with Crippen molar-refractivity contribution in [3.05, 3.63) is 29.3 Å². The van der Waals surface area contributed by atoms with Crippen molar-refractivity contribution in [2.75, 3.05) is 31.6 Å². The first-order chi connectivity index (χ1) is 10.6. The van der Waals surface area contributed by atoms with Crippen LogP contribution in [0.1, 0.15) is 12.8 Å². The van der Waals surface area contributed by atoms with E-state index in [0.717, 1.165) is 18.7 Å². The fraction of sp³-hybridized carbons (Fsp3) is 0.500. The number of halogens is 1. The number of hydrogen-bond acceptors (Lipinski definition) is 3. The minimum Gasteiger partial charge on any atom is -0.333 e. The first-order valence-corrected chi connectivity index (χ1v) is 8.00. The van der Waals surface area contributed by atoms with Gasteiger partial charge >= 0.3 is 0 Å². The van der Waals surface area contributed by atoms with Gasteiger partial charge in [0.1, 0.15) is 6.04 Å². The van der Waals surface area contributed by atoms with Crippen LogP contribution in [0.3, 0.4) is 0 Å². The second kappa shape index (κ2) is 6.26. The van der Waals surface area contributed by atoms with E-state index in [9.17, 15) is 9.59 Å². The van der Waals surface area contributed by atoms with Gasteiger partial charge < -0.3 is 15.1 Å². The van der Waals surface area contributed by atoms with Crippen molar-refractivity contribution in [3.8, 4) is 0 Å². The third-order valence-electron chi connectivity index (χ3n) is 4.55. The molecule has 0 aliphatic carbocycles. The zero-order valence-electron chi connectivity index (χ0n) is 12.6. The lowest BCUT2D eigenvalue weighted by atomic mass is 10.1. The molecule has 2 aliphatic rings. The first kappa shape index (κ1) is 15.3. The van der Waals surface area contributed by atoms with Gasteiger partial charge in [-0.3, -0.25) is 9.59 Å². The van der Waals surface area contributed by atoms with Gasteiger partial charge in [-0.25, -0.2) is 0 Å². The van der Waals surface area contributed by atoms with Crippen LogP contribution in [0, 0.1) is 5.92 Å². The maximum Gasteiger partial charge on any atom is 0.249 e. The van der Waals surface area contributed by atoms with E-state index in [4.69, 9.17) is 11.6 Å². The number of carbonyl (C=O) groups is 2. The summed E-state index contributed by atoms with van der Waals surface area (Å²) >= 11 is 6.18. The molecule has 1 N–H and O–H groups in total. The number of amides is 2. The molecule has 0 unspecified atom stereocenters. The van der Waals surface area contributed by atoms with Gasteiger partial charge in [-0.15, -0.1) is 0 Å². The number of benzene rings is 1. The molecule has 3 rings (SSSR count). The molecule has 2 saturated heterocycles. The van der Waals surface area contributed by atoms with Gasteiger partial charge in [-0.05, 0) is 31.5 Å². The molecule has 118 valence electrons. The Labute approximate surface area is 135 Å². The van der Waals surface area contributed by atoms with Crippen molar-refractivity contribution >= 4 is 29.1 Å². The Morgan fingerprint density at radius 3 is 2.82 bits per heavy atom. The molecule has 2 aliphatic heterocycles. The molecule has 2 fully saturated rings. The van der Waals surface area contributed by atoms with Crippen molar-refractivity contribution < 1.29 is 9.59 Å². The van der Waals surface area contributed by atoms with Crippen molar-refractivity contribution in [1.29, 1.82) is 0 Å². The Morgan fingerprint density at radius 1 is 1.36 bits per heavy atom. The third kappa shape index (κ3) is 2.71. The third-order valence-corrected chi connectivity index (χ3v) is 4.86. The summed E-state index contributed by atoms with van der Waals surface area (Å²) < 4.78 is 0. The highest BCUT2D eigenvalue weighted by atomic mass is 35.5. The van der Waals surface area contributed by atoms with Crippen LogP contribution in [0.5, 0.6) is 0 Å². The van der Waals surface area contributed by atoms with Gasteiger partial charge in [0.05, 0.1) is 16.6 Å². The fourth-order valence-electron chi connectivity index (χ4n) is 3.24. The average molecular weight is 322 g/mol. The standard InChI is InChI=1S/C16H20ClN3O2/c1-19(15(21)11-6-8-18-10-11)14-7-9-20(16(14)22)13-5-3-2-4-12(13)17/h2-5,11,14,18H,6-10H2,1H3/t11-,14-/m1/s1. The maximum absolute atomic E-state index is 12.7. The monoisotopic (exact) mass is 321 g/mol. The van der Waals surface area contributed by atoms with E-state index in [0.29, 0.717) is 24.5 Å². The highest BCUT2D eigenvalue weighted by Gasteiger charge is 2.39. The molecule has 2 amide bonds. The molecule has 0 bridgehead atoms. The van der Waals surface area contributed by atoms with Gasteiger partial charge in [0.15, 0.2) is 0 Å². The number of anilines is 1. The van der Waals surface area contributed by atoms with Gasteiger partial charge in [-0.2, -0.15) is 0 Å². The van der Waals surface area contributed by atoms with Gasteiger partial charge in [0.25, 0.3) is 0 Å². The normalized spacial score (nSPS) is 24.8. The molecular formula is C16H20ClN3O2. The molecule has 5 nitrogen and oxygen atoms in total. The van der Waals surface area contributed by atoms with E-state index in [1.165, 1.54) is 0 Å². The van der Waals surface area contributed by atoms with Gasteiger partial charge in [-0.1, -0.05) is 23.7 Å². The molecule has 6 heteroatoms. The van der Waals surface area contributed by atoms with Crippen LogP contribution in [0.15, 0.2) is 24.3 Å². The number of likely N-dealkylation sites (N-methyl/N-ethyl adjacent to an activating group) is 1. The lowest BCUT2D eigenvalue weighted by Gasteiger charge is -2.26. The second-order valence-electron chi connectivity index (χ2n) is 5.88. The number of para-hydroxylation sites is 1. The highest BCUT2D eigenvalue weighted by Crippen LogP contribution is 2.30. The van der Waals surface area contributed by atoms with Crippen LogP contribution in [0.25, 0.3) is 0 Å². The van der Waals surface area contributed by atoms with Crippen LogP contribution in [0.4, 0.5) is 5.69 Å². The number of nitrogens with one attached hydrogen (secondary N) is 1. The Balaban J connectivity index is 1.73. The molecule has 2 atom stereocenters. The minimum atomic E-state index is -0.385. The predicted octanol–water partition coefficient (Wildman–Crippen LogP) is 1.51. The van der Waals surface area contributed by atoms with E-state index >= 15 is 0 Å². The molecule has 1 aromatic rings. The molecule has 0 saturated carbocycles. The quantitative estimate of drug-likeness (QED) is 0.918. The summed E-state index contributed by atoms with van der Waals surface area (Å²) in [6, 6.07) is 6.93. The summed E-state index contributed by atoms with van der Waals surface area (Å²) in [6.45, 7) is 2.17. The lowest BCUT2D eigenvalue weighted by molar-refractivity contribution is -0.139. The number of hydrogen-bond donors (Lipinski definition) is 1. The topological polar surface area (TPSA) is 52.7 Å². The molecule has 0 aromatic heterocycles. The van der Waals surface area contributed by atoms with Crippen molar-refractivity contribution in [1.82, 2.24) is 10.2 Å². The largest absolute Gasteiger partial charge is 0.333 e. The molecule has 2 heterocycles. The SMILES string of the molecule is CN(C(=O)[C@@H]1CCNC1)[C@@H]1CCN(c2ccccc2Cl)C1=O. The second-order valence-corrected chi connectivity index (χ2v) is 6.29. The van der Waals surface area contributed by atoms with Crippen LogP contribution in [0.2, 0.25) is 5.02 Å². The minimum absolute atomic E-state index is 0.00726. The lowest BCUT2D eigenvalue weighted by Crippen LogP contribution is -2.45. The Morgan fingerprint density at radius 2 is 2.14 bits per heavy atom. The average Bonchev–Trinajstić information content (AvgIpc) is 3.16. The van der Waals surface area contributed by atoms with Crippen LogP contribution >= 0.6 is 11.6 Å². The van der Waals surface area contributed by atoms with Crippen LogP contribution < -0.4 is 10.2 Å². The zero-order chi connectivity index (χ0) is 15.7. The van der Waals surface area contributed by atoms with E-state index in [-0.39, 0.29) is 23.8 Å². The highest BCUT2D eigenvalue weighted by molar-refractivity contribution is 6.34.